The van der Waals surface area contributed by atoms with Gasteiger partial charge in [0, 0.05) is 42.5 Å². The molecule has 0 radical (unpaired) electrons. The average molecular weight is 236 g/mol. The molecule has 2 rings (SSSR count). The molecule has 1 atom stereocenters. The normalized spacial score (nSPS) is 12.9. The van der Waals surface area contributed by atoms with Crippen LogP contribution in [0.3, 0.4) is 0 Å². The van der Waals surface area contributed by atoms with E-state index in [2.05, 4.69) is 21.5 Å². The topological polar surface area (TPSA) is 56.7 Å². The Labute approximate surface area is 99.2 Å². The van der Waals surface area contributed by atoms with Crippen molar-refractivity contribution >= 4 is 11.3 Å². The number of thiazole rings is 1. The van der Waals surface area contributed by atoms with Gasteiger partial charge in [0.15, 0.2) is 0 Å². The summed E-state index contributed by atoms with van der Waals surface area (Å²) in [6, 6.07) is 0.00510. The van der Waals surface area contributed by atoms with E-state index in [1.54, 1.807) is 11.3 Å². The summed E-state index contributed by atoms with van der Waals surface area (Å²) in [4.78, 5) is 9.51. The molecule has 0 amide bonds. The first-order valence-electron chi connectivity index (χ1n) is 5.45. The van der Waals surface area contributed by atoms with Gasteiger partial charge in [-0.05, 0) is 6.42 Å². The molecular weight excluding hydrogens is 220 g/mol. The number of rotatable bonds is 5. The van der Waals surface area contributed by atoms with Crippen LogP contribution in [0, 0.1) is 0 Å². The number of hydrogen-bond acceptors (Lipinski definition) is 4. The Hall–Kier alpha value is -1.20. The van der Waals surface area contributed by atoms with E-state index in [0.29, 0.717) is 0 Å². The van der Waals surface area contributed by atoms with E-state index in [9.17, 15) is 0 Å². The van der Waals surface area contributed by atoms with Crippen molar-refractivity contribution in [3.63, 3.8) is 0 Å². The number of nitrogens with zero attached hydrogens (tertiary/aromatic N) is 3. The second-order valence-corrected chi connectivity index (χ2v) is 4.67. The third-order valence-corrected chi connectivity index (χ3v) is 3.39. The molecule has 1 unspecified atom stereocenters. The smallest absolute Gasteiger partial charge is 0.110 e. The van der Waals surface area contributed by atoms with E-state index in [1.807, 2.05) is 24.1 Å². The fourth-order valence-electron chi connectivity index (χ4n) is 1.68. The lowest BCUT2D eigenvalue weighted by atomic mass is 10.2. The summed E-state index contributed by atoms with van der Waals surface area (Å²) in [6.07, 6.45) is 7.57. The highest BCUT2D eigenvalue weighted by Crippen LogP contribution is 2.18. The van der Waals surface area contributed by atoms with Gasteiger partial charge in [0.05, 0.1) is 5.51 Å². The SMILES string of the molecule is CCCn1ccnc1CC(N)c1cncs1. The minimum atomic E-state index is 0.00510. The summed E-state index contributed by atoms with van der Waals surface area (Å²) in [6.45, 7) is 3.16. The highest BCUT2D eigenvalue weighted by molar-refractivity contribution is 7.09. The van der Waals surface area contributed by atoms with E-state index < -0.39 is 0 Å². The molecule has 4 nitrogen and oxygen atoms in total. The summed E-state index contributed by atoms with van der Waals surface area (Å²) >= 11 is 1.60. The standard InChI is InChI=1S/C11H16N4S/c1-2-4-15-5-3-14-11(15)6-9(12)10-7-13-8-16-10/h3,5,7-9H,2,4,6,12H2,1H3. The number of imidazole rings is 1. The zero-order valence-corrected chi connectivity index (χ0v) is 10.2. The van der Waals surface area contributed by atoms with Gasteiger partial charge in [-0.15, -0.1) is 11.3 Å². The Morgan fingerprint density at radius 1 is 1.56 bits per heavy atom. The van der Waals surface area contributed by atoms with Crippen LogP contribution in [0.4, 0.5) is 0 Å². The molecule has 0 aliphatic heterocycles. The molecule has 0 fully saturated rings. The predicted molar refractivity (Wildman–Crippen MR) is 65.3 cm³/mol. The molecule has 0 spiro atoms. The van der Waals surface area contributed by atoms with E-state index >= 15 is 0 Å². The van der Waals surface area contributed by atoms with Gasteiger partial charge in [0.1, 0.15) is 5.82 Å². The molecule has 2 aromatic rings. The second kappa shape index (κ2) is 5.23. The van der Waals surface area contributed by atoms with Crippen molar-refractivity contribution < 1.29 is 0 Å². The molecule has 86 valence electrons. The van der Waals surface area contributed by atoms with Crippen LogP contribution in [0.2, 0.25) is 0 Å². The van der Waals surface area contributed by atoms with Crippen LogP contribution in [0.25, 0.3) is 0 Å². The molecule has 0 saturated carbocycles. The number of hydrogen-bond donors (Lipinski definition) is 1. The quantitative estimate of drug-likeness (QED) is 0.863. The summed E-state index contributed by atoms with van der Waals surface area (Å²) in [5.41, 5.74) is 7.93. The van der Waals surface area contributed by atoms with Gasteiger partial charge in [-0.25, -0.2) is 4.98 Å². The molecule has 0 aliphatic rings. The van der Waals surface area contributed by atoms with Crippen LogP contribution < -0.4 is 5.73 Å². The lowest BCUT2D eigenvalue weighted by Crippen LogP contribution is -2.15. The Bertz CT molecular complexity index is 421. The molecule has 2 heterocycles. The Balaban J connectivity index is 2.06. The van der Waals surface area contributed by atoms with Crippen LogP contribution in [-0.4, -0.2) is 14.5 Å². The van der Waals surface area contributed by atoms with E-state index in [0.717, 1.165) is 30.1 Å². The second-order valence-electron chi connectivity index (χ2n) is 3.75. The van der Waals surface area contributed by atoms with Crippen molar-refractivity contribution in [1.29, 1.82) is 0 Å². The summed E-state index contributed by atoms with van der Waals surface area (Å²) in [5, 5.41) is 0. The first kappa shape index (κ1) is 11.3. The monoisotopic (exact) mass is 236 g/mol. The third kappa shape index (κ3) is 2.48. The van der Waals surface area contributed by atoms with E-state index in [4.69, 9.17) is 5.73 Å². The maximum absolute atomic E-state index is 6.11. The van der Waals surface area contributed by atoms with Gasteiger partial charge >= 0.3 is 0 Å². The fourth-order valence-corrected chi connectivity index (χ4v) is 2.30. The van der Waals surface area contributed by atoms with Crippen molar-refractivity contribution in [1.82, 2.24) is 14.5 Å². The highest BCUT2D eigenvalue weighted by atomic mass is 32.1. The van der Waals surface area contributed by atoms with E-state index in [1.165, 1.54) is 0 Å². The van der Waals surface area contributed by atoms with Crippen molar-refractivity contribution in [2.75, 3.05) is 0 Å². The van der Waals surface area contributed by atoms with Gasteiger partial charge in [-0.1, -0.05) is 6.92 Å². The predicted octanol–water partition coefficient (Wildman–Crippen LogP) is 1.99. The zero-order chi connectivity index (χ0) is 11.4. The zero-order valence-electron chi connectivity index (χ0n) is 9.34. The molecule has 0 bridgehead atoms. The maximum atomic E-state index is 6.11. The van der Waals surface area contributed by atoms with Gasteiger partial charge < -0.3 is 10.3 Å². The highest BCUT2D eigenvalue weighted by Gasteiger charge is 2.12. The fraction of sp³-hybridized carbons (Fsp3) is 0.455. The number of nitrogens with two attached hydrogens (primary N) is 1. The largest absolute Gasteiger partial charge is 0.335 e. The van der Waals surface area contributed by atoms with Crippen LogP contribution in [-0.2, 0) is 13.0 Å². The molecule has 0 saturated heterocycles. The lowest BCUT2D eigenvalue weighted by molar-refractivity contribution is 0.602. The lowest BCUT2D eigenvalue weighted by Gasteiger charge is -2.10. The first-order valence-corrected chi connectivity index (χ1v) is 6.33. The summed E-state index contributed by atoms with van der Waals surface area (Å²) in [5.74, 6) is 1.06. The van der Waals surface area contributed by atoms with Crippen LogP contribution in [0.15, 0.2) is 24.1 Å². The minimum absolute atomic E-state index is 0.00510. The van der Waals surface area contributed by atoms with Crippen molar-refractivity contribution in [3.05, 3.63) is 34.8 Å². The molecule has 0 aromatic carbocycles. The molecule has 2 aromatic heterocycles. The van der Waals surface area contributed by atoms with Crippen molar-refractivity contribution in [3.8, 4) is 0 Å². The van der Waals surface area contributed by atoms with Gasteiger partial charge in [0.25, 0.3) is 0 Å². The average Bonchev–Trinajstić information content (AvgIpc) is 2.90. The van der Waals surface area contributed by atoms with Crippen LogP contribution >= 0.6 is 11.3 Å². The van der Waals surface area contributed by atoms with Gasteiger partial charge in [0.2, 0.25) is 0 Å². The Kier molecular flexibility index (Phi) is 3.69. The van der Waals surface area contributed by atoms with Crippen LogP contribution in [0.5, 0.6) is 0 Å². The maximum Gasteiger partial charge on any atom is 0.110 e. The van der Waals surface area contributed by atoms with Gasteiger partial charge in [-0.3, -0.25) is 4.98 Å². The Morgan fingerprint density at radius 2 is 2.44 bits per heavy atom. The third-order valence-electron chi connectivity index (χ3n) is 2.49. The van der Waals surface area contributed by atoms with Crippen LogP contribution in [0.1, 0.15) is 30.1 Å². The molecule has 0 aliphatic carbocycles. The number of aryl methyl sites for hydroxylation is 1. The number of aromatic nitrogens is 3. The van der Waals surface area contributed by atoms with E-state index in [-0.39, 0.29) is 6.04 Å². The summed E-state index contributed by atoms with van der Waals surface area (Å²) in [7, 11) is 0. The molecule has 2 N–H and O–H groups in total. The first-order chi connectivity index (χ1) is 7.81. The minimum Gasteiger partial charge on any atom is -0.335 e. The summed E-state index contributed by atoms with van der Waals surface area (Å²) < 4.78 is 2.17. The Morgan fingerprint density at radius 3 is 3.12 bits per heavy atom. The molecule has 16 heavy (non-hydrogen) atoms. The van der Waals surface area contributed by atoms with Crippen molar-refractivity contribution in [2.24, 2.45) is 5.73 Å². The molecular formula is C11H16N4S. The van der Waals surface area contributed by atoms with Crippen molar-refractivity contribution in [2.45, 2.75) is 32.4 Å². The molecule has 5 heteroatoms. The van der Waals surface area contributed by atoms with Gasteiger partial charge in [-0.2, -0.15) is 0 Å².